The van der Waals surface area contributed by atoms with E-state index in [1.54, 1.807) is 0 Å². The van der Waals surface area contributed by atoms with Crippen LogP contribution in [0.4, 0.5) is 0 Å². The molecule has 0 aromatic carbocycles. The summed E-state index contributed by atoms with van der Waals surface area (Å²) < 4.78 is 5.38. The highest BCUT2D eigenvalue weighted by molar-refractivity contribution is 5.51. The maximum atomic E-state index is 10.7. The molecule has 0 saturated carbocycles. The minimum absolute atomic E-state index is 0.193. The van der Waals surface area contributed by atoms with Crippen LogP contribution in [0.25, 0.3) is 0 Å². The van der Waals surface area contributed by atoms with E-state index in [9.17, 15) is 4.79 Å². The van der Waals surface area contributed by atoms with Gasteiger partial charge in [-0.2, -0.15) is 0 Å². The molecule has 2 saturated heterocycles. The Hall–Kier alpha value is -0.570. The van der Waals surface area contributed by atoms with Gasteiger partial charge in [0.15, 0.2) is 0 Å². The van der Waals surface area contributed by atoms with Gasteiger partial charge in [0.25, 0.3) is 0 Å². The maximum Gasteiger partial charge on any atom is 0.210 e. The van der Waals surface area contributed by atoms with Gasteiger partial charge in [0.1, 0.15) is 0 Å². The summed E-state index contributed by atoms with van der Waals surface area (Å²) in [6.07, 6.45) is 5.44. The van der Waals surface area contributed by atoms with Crippen molar-refractivity contribution in [2.75, 3.05) is 19.8 Å². The van der Waals surface area contributed by atoms with Crippen molar-refractivity contribution in [2.45, 2.75) is 31.2 Å². The van der Waals surface area contributed by atoms with Crippen LogP contribution in [-0.4, -0.2) is 36.6 Å². The summed E-state index contributed by atoms with van der Waals surface area (Å²) in [6, 6.07) is 0. The highest BCUT2D eigenvalue weighted by atomic mass is 16.5. The van der Waals surface area contributed by atoms with Crippen LogP contribution in [-0.2, 0) is 9.53 Å². The highest BCUT2D eigenvalue weighted by Crippen LogP contribution is 2.37. The minimum Gasteiger partial charge on any atom is -0.381 e. The predicted octanol–water partition coefficient (Wildman–Crippen LogP) is 0.788. The molecule has 0 aromatic rings. The molecule has 0 N–H and O–H groups in total. The number of likely N-dealkylation sites (tertiary alicyclic amines) is 1. The summed E-state index contributed by atoms with van der Waals surface area (Å²) in [7, 11) is 0. The third kappa shape index (κ3) is 1.12. The topological polar surface area (TPSA) is 29.5 Å². The van der Waals surface area contributed by atoms with Gasteiger partial charge >= 0.3 is 0 Å². The van der Waals surface area contributed by atoms with E-state index in [0.29, 0.717) is 0 Å². The molecule has 68 valence electrons. The quantitative estimate of drug-likeness (QED) is 0.543. The third-order valence-electron chi connectivity index (χ3n) is 3.20. The molecular weight excluding hydrogens is 154 g/mol. The molecule has 12 heavy (non-hydrogen) atoms. The van der Waals surface area contributed by atoms with Crippen molar-refractivity contribution in [1.29, 1.82) is 0 Å². The second-order valence-electron chi connectivity index (χ2n) is 3.74. The molecule has 2 heterocycles. The van der Waals surface area contributed by atoms with Crippen molar-refractivity contribution < 1.29 is 9.53 Å². The van der Waals surface area contributed by atoms with Crippen LogP contribution in [0.5, 0.6) is 0 Å². The molecule has 1 spiro atoms. The van der Waals surface area contributed by atoms with Gasteiger partial charge in [-0.1, -0.05) is 0 Å². The summed E-state index contributed by atoms with van der Waals surface area (Å²) in [5.41, 5.74) is 0.193. The fraction of sp³-hybridized carbons (Fsp3) is 0.889. The van der Waals surface area contributed by atoms with Crippen molar-refractivity contribution in [1.82, 2.24) is 4.90 Å². The number of ether oxygens (including phenoxy) is 1. The zero-order valence-electron chi connectivity index (χ0n) is 7.29. The van der Waals surface area contributed by atoms with Gasteiger partial charge in [0.2, 0.25) is 6.41 Å². The third-order valence-corrected chi connectivity index (χ3v) is 3.20. The van der Waals surface area contributed by atoms with Gasteiger partial charge in [0, 0.05) is 25.3 Å². The zero-order valence-corrected chi connectivity index (χ0v) is 7.29. The van der Waals surface area contributed by atoms with E-state index in [2.05, 4.69) is 0 Å². The summed E-state index contributed by atoms with van der Waals surface area (Å²) in [4.78, 5) is 12.6. The molecule has 1 amide bonds. The lowest BCUT2D eigenvalue weighted by Crippen LogP contribution is -2.59. The van der Waals surface area contributed by atoms with Crippen LogP contribution < -0.4 is 0 Å². The van der Waals surface area contributed by atoms with Crippen LogP contribution in [0, 0.1) is 0 Å². The number of hydrogen-bond donors (Lipinski definition) is 0. The van der Waals surface area contributed by atoms with Gasteiger partial charge in [-0.15, -0.1) is 0 Å². The second-order valence-corrected chi connectivity index (χ2v) is 3.74. The molecule has 0 aliphatic carbocycles. The van der Waals surface area contributed by atoms with Crippen molar-refractivity contribution in [3.05, 3.63) is 0 Å². The first kappa shape index (κ1) is 8.05. The number of rotatable bonds is 1. The fourth-order valence-electron chi connectivity index (χ4n) is 2.25. The van der Waals surface area contributed by atoms with Gasteiger partial charge in [-0.25, -0.2) is 0 Å². The van der Waals surface area contributed by atoms with Crippen LogP contribution in [0.3, 0.4) is 0 Å². The van der Waals surface area contributed by atoms with E-state index in [0.717, 1.165) is 45.4 Å². The lowest BCUT2D eigenvalue weighted by molar-refractivity contribution is -0.134. The van der Waals surface area contributed by atoms with Crippen molar-refractivity contribution >= 4 is 6.41 Å². The molecule has 1 atom stereocenters. The lowest BCUT2D eigenvalue weighted by Gasteiger charge is -2.50. The largest absolute Gasteiger partial charge is 0.381 e. The standard InChI is InChI=1S/C9H15NO2/c11-8-10-5-3-9(10)2-1-6-12-7-4-9/h8H,1-7H2. The molecule has 1 unspecified atom stereocenters. The average Bonchev–Trinajstić information content (AvgIpc) is 2.29. The molecule has 0 radical (unpaired) electrons. The Morgan fingerprint density at radius 3 is 2.83 bits per heavy atom. The first-order chi connectivity index (χ1) is 5.87. The van der Waals surface area contributed by atoms with Crippen LogP contribution >= 0.6 is 0 Å². The lowest BCUT2D eigenvalue weighted by atomic mass is 9.79. The molecule has 0 aromatic heterocycles. The summed E-state index contributed by atoms with van der Waals surface area (Å²) in [6.45, 7) is 2.64. The Labute approximate surface area is 72.7 Å². The molecule has 2 rings (SSSR count). The van der Waals surface area contributed by atoms with E-state index in [1.807, 2.05) is 4.90 Å². The molecule has 3 nitrogen and oxygen atoms in total. The first-order valence-electron chi connectivity index (χ1n) is 4.67. The van der Waals surface area contributed by atoms with Crippen molar-refractivity contribution in [3.63, 3.8) is 0 Å². The second kappa shape index (κ2) is 3.05. The minimum atomic E-state index is 0.193. The number of nitrogens with zero attached hydrogens (tertiary/aromatic N) is 1. The number of amides is 1. The van der Waals surface area contributed by atoms with Crippen LogP contribution in [0.2, 0.25) is 0 Å². The van der Waals surface area contributed by atoms with E-state index in [4.69, 9.17) is 4.74 Å². The Morgan fingerprint density at radius 1 is 1.25 bits per heavy atom. The smallest absolute Gasteiger partial charge is 0.210 e. The van der Waals surface area contributed by atoms with E-state index >= 15 is 0 Å². The SMILES string of the molecule is O=CN1CCC12CCCOCC2. The van der Waals surface area contributed by atoms with Gasteiger partial charge < -0.3 is 9.64 Å². The van der Waals surface area contributed by atoms with Crippen LogP contribution in [0.15, 0.2) is 0 Å². The molecule has 2 aliphatic rings. The molecule has 0 bridgehead atoms. The fourth-order valence-corrected chi connectivity index (χ4v) is 2.25. The monoisotopic (exact) mass is 169 g/mol. The zero-order chi connectivity index (χ0) is 8.44. The Bertz CT molecular complexity index is 173. The normalized spacial score (nSPS) is 35.8. The van der Waals surface area contributed by atoms with Gasteiger partial charge in [0.05, 0.1) is 0 Å². The van der Waals surface area contributed by atoms with Crippen molar-refractivity contribution in [3.8, 4) is 0 Å². The summed E-state index contributed by atoms with van der Waals surface area (Å²) in [5, 5.41) is 0. The summed E-state index contributed by atoms with van der Waals surface area (Å²) >= 11 is 0. The average molecular weight is 169 g/mol. The predicted molar refractivity (Wildman–Crippen MR) is 44.8 cm³/mol. The Balaban J connectivity index is 2.02. The highest BCUT2D eigenvalue weighted by Gasteiger charge is 2.43. The molecular formula is C9H15NO2. The number of carbonyl (C=O) groups excluding carboxylic acids is 1. The molecule has 2 aliphatic heterocycles. The number of carbonyl (C=O) groups is 1. The number of hydrogen-bond acceptors (Lipinski definition) is 2. The van der Waals surface area contributed by atoms with E-state index in [-0.39, 0.29) is 5.54 Å². The van der Waals surface area contributed by atoms with Crippen molar-refractivity contribution in [2.24, 2.45) is 0 Å². The maximum absolute atomic E-state index is 10.7. The molecule has 3 heteroatoms. The van der Waals surface area contributed by atoms with Gasteiger partial charge in [-0.05, 0) is 25.7 Å². The van der Waals surface area contributed by atoms with E-state index < -0.39 is 0 Å². The molecule has 2 fully saturated rings. The van der Waals surface area contributed by atoms with Gasteiger partial charge in [-0.3, -0.25) is 4.79 Å². The Morgan fingerprint density at radius 2 is 2.17 bits per heavy atom. The first-order valence-corrected chi connectivity index (χ1v) is 4.67. The van der Waals surface area contributed by atoms with E-state index in [1.165, 1.54) is 6.42 Å². The Kier molecular flexibility index (Phi) is 2.05. The van der Waals surface area contributed by atoms with Crippen LogP contribution in [0.1, 0.15) is 25.7 Å². The summed E-state index contributed by atoms with van der Waals surface area (Å²) in [5.74, 6) is 0.